The number of allylic oxidation sites excluding steroid dienone is 2. The number of hydrogen-bond donors (Lipinski definition) is 0. The average molecular weight is 538 g/mol. The largest absolute Gasteiger partial charge is 0.496 e. The SMILES string of the molecule is COc1ccc(C(C)(C)C)cc1/C(CBr)=C(/CBr)c1cc(C(C)(C)C)ccc1OC. The van der Waals surface area contributed by atoms with Gasteiger partial charge in [0.2, 0.25) is 0 Å². The molecule has 0 unspecified atom stereocenters. The van der Waals surface area contributed by atoms with Crippen molar-refractivity contribution in [2.75, 3.05) is 24.9 Å². The van der Waals surface area contributed by atoms with Crippen molar-refractivity contribution in [1.82, 2.24) is 0 Å². The topological polar surface area (TPSA) is 18.5 Å². The van der Waals surface area contributed by atoms with Gasteiger partial charge in [-0.15, -0.1) is 0 Å². The van der Waals surface area contributed by atoms with Crippen molar-refractivity contribution in [3.05, 3.63) is 58.7 Å². The van der Waals surface area contributed by atoms with Crippen molar-refractivity contribution in [1.29, 1.82) is 0 Å². The first-order chi connectivity index (χ1) is 14.0. The molecule has 0 spiro atoms. The monoisotopic (exact) mass is 536 g/mol. The van der Waals surface area contributed by atoms with Crippen molar-refractivity contribution in [3.63, 3.8) is 0 Å². The third kappa shape index (κ3) is 5.50. The van der Waals surface area contributed by atoms with Crippen LogP contribution < -0.4 is 9.47 Å². The van der Waals surface area contributed by atoms with Gasteiger partial charge in [0.1, 0.15) is 11.5 Å². The Balaban J connectivity index is 2.86. The summed E-state index contributed by atoms with van der Waals surface area (Å²) in [5, 5.41) is 1.42. The number of benzene rings is 2. The van der Waals surface area contributed by atoms with E-state index in [1.54, 1.807) is 14.2 Å². The molecule has 0 aliphatic heterocycles. The lowest BCUT2D eigenvalue weighted by atomic mass is 9.83. The van der Waals surface area contributed by atoms with Gasteiger partial charge in [-0.3, -0.25) is 0 Å². The van der Waals surface area contributed by atoms with E-state index in [1.807, 2.05) is 0 Å². The maximum Gasteiger partial charge on any atom is 0.126 e. The van der Waals surface area contributed by atoms with E-state index in [0.29, 0.717) is 10.7 Å². The predicted molar refractivity (Wildman–Crippen MR) is 138 cm³/mol. The highest BCUT2D eigenvalue weighted by Crippen LogP contribution is 2.40. The van der Waals surface area contributed by atoms with Crippen LogP contribution in [-0.4, -0.2) is 24.9 Å². The Hall–Kier alpha value is -1.26. The molecular weight excluding hydrogens is 504 g/mol. The summed E-state index contributed by atoms with van der Waals surface area (Å²) in [6.07, 6.45) is 0. The maximum absolute atomic E-state index is 5.76. The van der Waals surface area contributed by atoms with E-state index in [4.69, 9.17) is 9.47 Å². The van der Waals surface area contributed by atoms with E-state index in [9.17, 15) is 0 Å². The summed E-state index contributed by atoms with van der Waals surface area (Å²) >= 11 is 7.52. The number of alkyl halides is 2. The first-order valence-corrected chi connectivity index (χ1v) is 12.4. The molecule has 4 heteroatoms. The van der Waals surface area contributed by atoms with Crippen LogP contribution in [0.4, 0.5) is 0 Å². The molecule has 0 amide bonds. The van der Waals surface area contributed by atoms with Crippen LogP contribution in [0.2, 0.25) is 0 Å². The van der Waals surface area contributed by atoms with Gasteiger partial charge < -0.3 is 9.47 Å². The molecule has 0 radical (unpaired) electrons. The highest BCUT2D eigenvalue weighted by molar-refractivity contribution is 9.09. The van der Waals surface area contributed by atoms with Crippen molar-refractivity contribution >= 4 is 43.0 Å². The lowest BCUT2D eigenvalue weighted by Gasteiger charge is -2.24. The zero-order valence-electron chi connectivity index (χ0n) is 19.5. The molecule has 0 bridgehead atoms. The minimum atomic E-state index is 0.0524. The number of rotatable bonds is 6. The van der Waals surface area contributed by atoms with Crippen LogP contribution in [0, 0.1) is 0 Å². The van der Waals surface area contributed by atoms with Crippen molar-refractivity contribution in [3.8, 4) is 11.5 Å². The molecule has 0 fully saturated rings. The van der Waals surface area contributed by atoms with Crippen molar-refractivity contribution in [2.45, 2.75) is 52.4 Å². The van der Waals surface area contributed by atoms with Gasteiger partial charge in [-0.1, -0.05) is 85.5 Å². The molecule has 2 nitrogen and oxygen atoms in total. The summed E-state index contributed by atoms with van der Waals surface area (Å²) in [5.41, 5.74) is 7.27. The van der Waals surface area contributed by atoms with Crippen LogP contribution in [-0.2, 0) is 10.8 Å². The molecule has 30 heavy (non-hydrogen) atoms. The Morgan fingerprint density at radius 2 is 1.00 bits per heavy atom. The number of halogens is 2. The Labute approximate surface area is 199 Å². The van der Waals surface area contributed by atoms with Gasteiger partial charge in [0.05, 0.1) is 14.2 Å². The Morgan fingerprint density at radius 3 is 1.23 bits per heavy atom. The van der Waals surface area contributed by atoms with Crippen LogP contribution in [0.3, 0.4) is 0 Å². The molecule has 2 rings (SSSR count). The van der Waals surface area contributed by atoms with Crippen LogP contribution in [0.15, 0.2) is 36.4 Å². The first-order valence-electron chi connectivity index (χ1n) is 10.2. The number of hydrogen-bond acceptors (Lipinski definition) is 2. The van der Waals surface area contributed by atoms with E-state index in [-0.39, 0.29) is 10.8 Å². The summed E-state index contributed by atoms with van der Waals surface area (Å²) in [6.45, 7) is 13.4. The van der Waals surface area contributed by atoms with Gasteiger partial charge in [0, 0.05) is 21.8 Å². The molecule has 0 aliphatic carbocycles. The van der Waals surface area contributed by atoms with Crippen LogP contribution in [0.5, 0.6) is 11.5 Å². The fourth-order valence-electron chi connectivity index (χ4n) is 3.45. The van der Waals surface area contributed by atoms with Crippen LogP contribution in [0.1, 0.15) is 63.8 Å². The molecule has 2 aromatic rings. The van der Waals surface area contributed by atoms with Crippen molar-refractivity contribution in [2.24, 2.45) is 0 Å². The zero-order valence-corrected chi connectivity index (χ0v) is 22.6. The van der Waals surface area contributed by atoms with E-state index < -0.39 is 0 Å². The summed E-state index contributed by atoms with van der Waals surface area (Å²) in [4.78, 5) is 0. The molecule has 0 N–H and O–H groups in total. The van der Waals surface area contributed by atoms with Crippen LogP contribution >= 0.6 is 31.9 Å². The second-order valence-corrected chi connectivity index (χ2v) is 10.7. The first kappa shape index (κ1) is 25.0. The van der Waals surface area contributed by atoms with E-state index in [0.717, 1.165) is 22.6 Å². The van der Waals surface area contributed by atoms with Crippen molar-refractivity contribution < 1.29 is 9.47 Å². The quantitative estimate of drug-likeness (QED) is 0.274. The minimum Gasteiger partial charge on any atom is -0.496 e. The molecular formula is C26H34Br2O2. The predicted octanol–water partition coefficient (Wildman–Crippen LogP) is 8.00. The summed E-state index contributed by atoms with van der Waals surface area (Å²) in [7, 11) is 3.46. The van der Waals surface area contributed by atoms with Gasteiger partial charge in [-0.05, 0) is 57.4 Å². The average Bonchev–Trinajstić information content (AvgIpc) is 2.69. The molecule has 0 aliphatic rings. The van der Waals surface area contributed by atoms with Gasteiger partial charge >= 0.3 is 0 Å². The fourth-order valence-corrected chi connectivity index (χ4v) is 4.73. The molecule has 0 saturated carbocycles. The second kappa shape index (κ2) is 9.91. The van der Waals surface area contributed by atoms with E-state index in [1.165, 1.54) is 22.3 Å². The molecule has 0 atom stereocenters. The Kier molecular flexibility index (Phi) is 8.26. The third-order valence-corrected chi connectivity index (χ3v) is 6.53. The lowest BCUT2D eigenvalue weighted by Crippen LogP contribution is -2.13. The standard InChI is InChI=1S/C26H34Br2O2/c1-25(2,3)17-9-11-23(29-7)19(13-17)21(15-27)22(16-28)20-14-18(26(4,5)6)10-12-24(20)30-8/h9-14H,15-16H2,1-8H3/b22-21-. The van der Waals surface area contributed by atoms with Gasteiger partial charge in [-0.25, -0.2) is 0 Å². The third-order valence-electron chi connectivity index (χ3n) is 5.41. The van der Waals surface area contributed by atoms with Gasteiger partial charge in [0.25, 0.3) is 0 Å². The zero-order chi connectivity index (χ0) is 22.7. The van der Waals surface area contributed by atoms with E-state index >= 15 is 0 Å². The second-order valence-electron chi connectivity index (χ2n) is 9.55. The highest BCUT2D eigenvalue weighted by Gasteiger charge is 2.22. The summed E-state index contributed by atoms with van der Waals surface area (Å²) < 4.78 is 11.5. The van der Waals surface area contributed by atoms with Gasteiger partial charge in [-0.2, -0.15) is 0 Å². The molecule has 2 aromatic carbocycles. The Bertz CT molecular complexity index is 840. The molecule has 0 saturated heterocycles. The van der Waals surface area contributed by atoms with Gasteiger partial charge in [0.15, 0.2) is 0 Å². The summed E-state index contributed by atoms with van der Waals surface area (Å²) in [5.74, 6) is 1.75. The Morgan fingerprint density at radius 1 is 0.667 bits per heavy atom. The lowest BCUT2D eigenvalue weighted by molar-refractivity contribution is 0.412. The number of ether oxygens (including phenoxy) is 2. The highest BCUT2D eigenvalue weighted by atomic mass is 79.9. The maximum atomic E-state index is 5.76. The molecule has 164 valence electrons. The van der Waals surface area contributed by atoms with E-state index in [2.05, 4.69) is 110 Å². The molecule has 0 aromatic heterocycles. The fraction of sp³-hybridized carbons (Fsp3) is 0.462. The minimum absolute atomic E-state index is 0.0524. The smallest absolute Gasteiger partial charge is 0.126 e. The molecule has 0 heterocycles. The normalized spacial score (nSPS) is 13.1. The van der Waals surface area contributed by atoms with Crippen LogP contribution in [0.25, 0.3) is 11.1 Å². The summed E-state index contributed by atoms with van der Waals surface area (Å²) in [6, 6.07) is 13.0. The number of methoxy groups -OCH3 is 2.